The van der Waals surface area contributed by atoms with Crippen molar-refractivity contribution in [2.45, 2.75) is 17.9 Å². The lowest BCUT2D eigenvalue weighted by molar-refractivity contribution is -0.122. The smallest absolute Gasteiger partial charge is 0.265 e. The number of hydrogen-bond acceptors (Lipinski definition) is 4. The van der Waals surface area contributed by atoms with E-state index < -0.39 is 27.9 Å². The van der Waals surface area contributed by atoms with Crippen molar-refractivity contribution in [3.8, 4) is 5.75 Å². The van der Waals surface area contributed by atoms with E-state index in [9.17, 15) is 17.6 Å². The van der Waals surface area contributed by atoms with E-state index in [0.717, 1.165) is 0 Å². The predicted octanol–water partition coefficient (Wildman–Crippen LogP) is 4.06. The molecule has 0 saturated heterocycles. The number of rotatable bonds is 7. The van der Waals surface area contributed by atoms with Gasteiger partial charge < -0.3 is 10.1 Å². The highest BCUT2D eigenvalue weighted by Gasteiger charge is 2.22. The van der Waals surface area contributed by atoms with Crippen LogP contribution < -0.4 is 14.4 Å². The first-order valence-corrected chi connectivity index (χ1v) is 10.6. The average molecular weight is 428 g/mol. The molecule has 0 bridgehead atoms. The first-order chi connectivity index (χ1) is 14.3. The van der Waals surface area contributed by atoms with E-state index in [1.54, 1.807) is 49.4 Å². The molecule has 0 saturated carbocycles. The lowest BCUT2D eigenvalue weighted by atomic mass is 10.3. The van der Waals surface area contributed by atoms with Gasteiger partial charge in [-0.2, -0.15) is 0 Å². The molecule has 8 heteroatoms. The molecule has 0 aliphatic heterocycles. The zero-order valence-corrected chi connectivity index (χ0v) is 17.3. The summed E-state index contributed by atoms with van der Waals surface area (Å²) in [6.07, 6.45) is -0.872. The number of anilines is 2. The van der Waals surface area contributed by atoms with Crippen LogP contribution in [0, 0.1) is 5.82 Å². The molecule has 3 aromatic rings. The summed E-state index contributed by atoms with van der Waals surface area (Å²) in [6, 6.07) is 20.0. The zero-order valence-electron chi connectivity index (χ0n) is 16.4. The molecule has 0 aliphatic carbocycles. The predicted molar refractivity (Wildman–Crippen MR) is 114 cm³/mol. The molecule has 3 aromatic carbocycles. The molecular formula is C22H21FN2O4S. The molecular weight excluding hydrogens is 407 g/mol. The molecule has 1 N–H and O–H groups in total. The van der Waals surface area contributed by atoms with Crippen molar-refractivity contribution in [2.75, 3.05) is 16.7 Å². The Morgan fingerprint density at radius 2 is 1.67 bits per heavy atom. The quantitative estimate of drug-likeness (QED) is 0.616. The monoisotopic (exact) mass is 428 g/mol. The Bertz CT molecular complexity index is 1120. The van der Waals surface area contributed by atoms with E-state index in [1.807, 2.05) is 0 Å². The van der Waals surface area contributed by atoms with Gasteiger partial charge in [0.05, 0.1) is 10.6 Å². The second-order valence-corrected chi connectivity index (χ2v) is 8.51. The molecule has 6 nitrogen and oxygen atoms in total. The highest BCUT2D eigenvalue weighted by molar-refractivity contribution is 7.92. The number of nitrogens with one attached hydrogen (secondary N) is 1. The van der Waals surface area contributed by atoms with E-state index >= 15 is 0 Å². The minimum atomic E-state index is -3.81. The van der Waals surface area contributed by atoms with Crippen LogP contribution in [0.5, 0.6) is 5.75 Å². The Kier molecular flexibility index (Phi) is 6.37. The highest BCUT2D eigenvalue weighted by Crippen LogP contribution is 2.24. The van der Waals surface area contributed by atoms with Crippen molar-refractivity contribution in [1.29, 1.82) is 0 Å². The van der Waals surface area contributed by atoms with Crippen LogP contribution in [0.1, 0.15) is 6.92 Å². The summed E-state index contributed by atoms with van der Waals surface area (Å²) in [5, 5.41) is 2.64. The van der Waals surface area contributed by atoms with E-state index in [2.05, 4.69) is 5.32 Å². The van der Waals surface area contributed by atoms with Crippen molar-refractivity contribution >= 4 is 27.3 Å². The Hall–Kier alpha value is -3.39. The van der Waals surface area contributed by atoms with Crippen LogP contribution in [0.25, 0.3) is 0 Å². The average Bonchev–Trinajstić information content (AvgIpc) is 2.75. The lowest BCUT2D eigenvalue weighted by Gasteiger charge is -2.20. The number of hydrogen-bond donors (Lipinski definition) is 1. The number of para-hydroxylation sites is 1. The number of ether oxygens (including phenoxy) is 1. The maximum atomic E-state index is 13.0. The molecule has 0 aromatic heterocycles. The fraction of sp³-hybridized carbons (Fsp3) is 0.136. The molecule has 0 radical (unpaired) electrons. The van der Waals surface area contributed by atoms with Crippen LogP contribution in [0.2, 0.25) is 0 Å². The number of carbonyl (C=O) groups is 1. The summed E-state index contributed by atoms with van der Waals surface area (Å²) in [5.41, 5.74) is 0.838. The maximum absolute atomic E-state index is 13.0. The third-order valence-corrected chi connectivity index (χ3v) is 6.16. The second kappa shape index (κ2) is 8.96. The Balaban J connectivity index is 1.73. The Labute approximate surface area is 175 Å². The van der Waals surface area contributed by atoms with E-state index in [0.29, 0.717) is 17.1 Å². The van der Waals surface area contributed by atoms with Gasteiger partial charge >= 0.3 is 0 Å². The molecule has 0 heterocycles. The third kappa shape index (κ3) is 4.96. The first-order valence-electron chi connectivity index (χ1n) is 9.14. The number of benzene rings is 3. The summed E-state index contributed by atoms with van der Waals surface area (Å²) in [6.45, 7) is 1.54. The molecule has 30 heavy (non-hydrogen) atoms. The van der Waals surface area contributed by atoms with Crippen LogP contribution in [-0.4, -0.2) is 27.5 Å². The number of amides is 1. The molecule has 0 spiro atoms. The fourth-order valence-corrected chi connectivity index (χ4v) is 3.93. The first kappa shape index (κ1) is 21.3. The molecule has 156 valence electrons. The lowest BCUT2D eigenvalue weighted by Crippen LogP contribution is -2.30. The SMILES string of the molecule is CC(Oc1ccc(F)cc1)C(=O)Nc1cccc(S(=O)(=O)N(C)c2ccccc2)c1. The van der Waals surface area contributed by atoms with Gasteiger partial charge in [-0.05, 0) is 61.5 Å². The van der Waals surface area contributed by atoms with Gasteiger partial charge in [0.15, 0.2) is 6.10 Å². The third-order valence-electron chi connectivity index (χ3n) is 4.38. The minimum absolute atomic E-state index is 0.0405. The molecule has 0 fully saturated rings. The van der Waals surface area contributed by atoms with Crippen LogP contribution in [0.3, 0.4) is 0 Å². The van der Waals surface area contributed by atoms with Crippen molar-refractivity contribution < 1.29 is 22.3 Å². The Morgan fingerprint density at radius 3 is 2.33 bits per heavy atom. The molecule has 3 rings (SSSR count). The molecule has 1 amide bonds. The van der Waals surface area contributed by atoms with Gasteiger partial charge in [0.2, 0.25) is 0 Å². The van der Waals surface area contributed by atoms with Gasteiger partial charge in [-0.3, -0.25) is 9.10 Å². The fourth-order valence-electron chi connectivity index (χ4n) is 2.68. The number of halogens is 1. The van der Waals surface area contributed by atoms with Crippen LogP contribution in [0.4, 0.5) is 15.8 Å². The number of sulfonamides is 1. The number of nitrogens with zero attached hydrogens (tertiary/aromatic N) is 1. The van der Waals surface area contributed by atoms with Gasteiger partial charge in [0.1, 0.15) is 11.6 Å². The van der Waals surface area contributed by atoms with Crippen LogP contribution >= 0.6 is 0 Å². The Morgan fingerprint density at radius 1 is 1.00 bits per heavy atom. The van der Waals surface area contributed by atoms with Gasteiger partial charge in [-0.1, -0.05) is 24.3 Å². The normalized spacial score (nSPS) is 12.1. The molecule has 0 aliphatic rings. The molecule has 1 atom stereocenters. The van der Waals surface area contributed by atoms with Crippen molar-refractivity contribution in [2.24, 2.45) is 0 Å². The van der Waals surface area contributed by atoms with Crippen LogP contribution in [-0.2, 0) is 14.8 Å². The maximum Gasteiger partial charge on any atom is 0.265 e. The molecule has 1 unspecified atom stereocenters. The largest absolute Gasteiger partial charge is 0.481 e. The van der Waals surface area contributed by atoms with Crippen LogP contribution in [0.15, 0.2) is 83.8 Å². The zero-order chi connectivity index (χ0) is 21.7. The summed E-state index contributed by atoms with van der Waals surface area (Å²) in [5.74, 6) is -0.525. The van der Waals surface area contributed by atoms with E-state index in [4.69, 9.17) is 4.74 Å². The van der Waals surface area contributed by atoms with Gasteiger partial charge in [0, 0.05) is 12.7 Å². The van der Waals surface area contributed by atoms with Gasteiger partial charge in [-0.25, -0.2) is 12.8 Å². The van der Waals surface area contributed by atoms with E-state index in [1.165, 1.54) is 47.8 Å². The summed E-state index contributed by atoms with van der Waals surface area (Å²) < 4.78 is 45.5. The van der Waals surface area contributed by atoms with Crippen molar-refractivity contribution in [3.05, 3.63) is 84.7 Å². The second-order valence-electron chi connectivity index (χ2n) is 6.54. The van der Waals surface area contributed by atoms with Gasteiger partial charge in [-0.15, -0.1) is 0 Å². The van der Waals surface area contributed by atoms with Gasteiger partial charge in [0.25, 0.3) is 15.9 Å². The highest BCUT2D eigenvalue weighted by atomic mass is 32.2. The number of carbonyl (C=O) groups excluding carboxylic acids is 1. The summed E-state index contributed by atoms with van der Waals surface area (Å²) in [7, 11) is -2.34. The summed E-state index contributed by atoms with van der Waals surface area (Å²) in [4.78, 5) is 12.5. The topological polar surface area (TPSA) is 75.7 Å². The standard InChI is InChI=1S/C22H21FN2O4S/c1-16(29-20-13-11-17(23)12-14-20)22(26)24-18-7-6-10-21(15-18)30(27,28)25(2)19-8-4-3-5-9-19/h3-16H,1-2H3,(H,24,26). The van der Waals surface area contributed by atoms with Crippen molar-refractivity contribution in [3.63, 3.8) is 0 Å². The van der Waals surface area contributed by atoms with E-state index in [-0.39, 0.29) is 4.90 Å². The minimum Gasteiger partial charge on any atom is -0.481 e. The van der Waals surface area contributed by atoms with Crippen molar-refractivity contribution in [1.82, 2.24) is 0 Å². The summed E-state index contributed by atoms with van der Waals surface area (Å²) >= 11 is 0.